The summed E-state index contributed by atoms with van der Waals surface area (Å²) in [6.45, 7) is 10.1. The Kier molecular flexibility index (Phi) is 9.86. The second kappa shape index (κ2) is 12.1. The first-order valence-electron chi connectivity index (χ1n) is 11.6. The van der Waals surface area contributed by atoms with Gasteiger partial charge in [-0.15, -0.1) is 0 Å². The highest BCUT2D eigenvalue weighted by molar-refractivity contribution is 6.43. The molecule has 0 bridgehead atoms. The number of nitrogens with zero attached hydrogens (tertiary/aromatic N) is 5. The number of rotatable bonds is 5. The summed E-state index contributed by atoms with van der Waals surface area (Å²) in [7, 11) is 5.52. The standard InChI is InChI=1S/C25H33Cl2N5O7/c1-24(2,3)38-22(34)31(8)17-12-16(28-13-29-17)30(7)21(33)32(23(35)39-25(4,5)6)20-18(26)14(36-9)11-15(37-10)19(20)27/h11-13H,1-10H3. The molecule has 0 atom stereocenters. The summed E-state index contributed by atoms with van der Waals surface area (Å²) in [5.41, 5.74) is -1.94. The number of hydrogen-bond acceptors (Lipinski definition) is 9. The van der Waals surface area contributed by atoms with Crippen LogP contribution in [0.2, 0.25) is 10.0 Å². The average Bonchev–Trinajstić information content (AvgIpc) is 2.83. The van der Waals surface area contributed by atoms with Crippen molar-refractivity contribution in [3.05, 3.63) is 28.5 Å². The highest BCUT2D eigenvalue weighted by Crippen LogP contribution is 2.46. The van der Waals surface area contributed by atoms with Gasteiger partial charge in [-0.05, 0) is 41.5 Å². The van der Waals surface area contributed by atoms with Crippen molar-refractivity contribution in [3.63, 3.8) is 0 Å². The van der Waals surface area contributed by atoms with E-state index in [1.165, 1.54) is 40.4 Å². The van der Waals surface area contributed by atoms with E-state index in [0.717, 1.165) is 16.1 Å². The molecule has 1 aromatic heterocycles. The first-order valence-corrected chi connectivity index (χ1v) is 12.4. The lowest BCUT2D eigenvalue weighted by atomic mass is 10.2. The van der Waals surface area contributed by atoms with Gasteiger partial charge in [-0.3, -0.25) is 9.80 Å². The molecule has 12 nitrogen and oxygen atoms in total. The molecule has 0 aliphatic carbocycles. The number of ether oxygens (including phenoxy) is 4. The lowest BCUT2D eigenvalue weighted by Gasteiger charge is -2.30. The van der Waals surface area contributed by atoms with Gasteiger partial charge in [0, 0.05) is 26.2 Å². The van der Waals surface area contributed by atoms with Gasteiger partial charge in [-0.2, -0.15) is 4.90 Å². The van der Waals surface area contributed by atoms with Crippen molar-refractivity contribution in [2.45, 2.75) is 52.7 Å². The number of imide groups is 1. The molecule has 2 aromatic rings. The maximum Gasteiger partial charge on any atom is 0.423 e. The van der Waals surface area contributed by atoms with Crippen molar-refractivity contribution in [1.82, 2.24) is 9.97 Å². The molecule has 0 unspecified atom stereocenters. The Morgan fingerprint density at radius 2 is 1.18 bits per heavy atom. The van der Waals surface area contributed by atoms with Crippen LogP contribution in [0.1, 0.15) is 41.5 Å². The number of hydrogen-bond donors (Lipinski definition) is 0. The fraction of sp³-hybridized carbons (Fsp3) is 0.480. The van der Waals surface area contributed by atoms with E-state index in [1.54, 1.807) is 41.5 Å². The molecule has 0 N–H and O–H groups in total. The van der Waals surface area contributed by atoms with Crippen LogP contribution in [0.3, 0.4) is 0 Å². The predicted octanol–water partition coefficient (Wildman–Crippen LogP) is 6.17. The molecule has 14 heteroatoms. The van der Waals surface area contributed by atoms with Gasteiger partial charge in [0.05, 0.1) is 14.2 Å². The monoisotopic (exact) mass is 585 g/mol. The molecule has 0 aliphatic heterocycles. The summed E-state index contributed by atoms with van der Waals surface area (Å²) in [6.07, 6.45) is -0.584. The number of carbonyl (C=O) groups is 3. The smallest absolute Gasteiger partial charge is 0.423 e. The van der Waals surface area contributed by atoms with Crippen molar-refractivity contribution in [2.24, 2.45) is 0 Å². The van der Waals surface area contributed by atoms with E-state index in [9.17, 15) is 14.4 Å². The fourth-order valence-corrected chi connectivity index (χ4v) is 3.69. The fourth-order valence-electron chi connectivity index (χ4n) is 3.02. The van der Waals surface area contributed by atoms with Gasteiger partial charge >= 0.3 is 18.2 Å². The highest BCUT2D eigenvalue weighted by atomic mass is 35.5. The van der Waals surface area contributed by atoms with E-state index in [0.29, 0.717) is 4.90 Å². The van der Waals surface area contributed by atoms with Crippen LogP contribution in [0.4, 0.5) is 31.7 Å². The van der Waals surface area contributed by atoms with E-state index in [1.807, 2.05) is 0 Å². The minimum Gasteiger partial charge on any atom is -0.495 e. The topological polar surface area (TPSA) is 124 Å². The first kappa shape index (κ1) is 31.7. The lowest BCUT2D eigenvalue weighted by Crippen LogP contribution is -2.48. The Morgan fingerprint density at radius 3 is 1.62 bits per heavy atom. The van der Waals surface area contributed by atoms with E-state index in [4.69, 9.17) is 42.1 Å². The van der Waals surface area contributed by atoms with Gasteiger partial charge in [-0.25, -0.2) is 24.4 Å². The predicted molar refractivity (Wildman–Crippen MR) is 149 cm³/mol. The van der Waals surface area contributed by atoms with Crippen molar-refractivity contribution in [2.75, 3.05) is 43.0 Å². The summed E-state index contributed by atoms with van der Waals surface area (Å²) in [6, 6.07) is 1.84. The van der Waals surface area contributed by atoms with Crippen molar-refractivity contribution in [1.29, 1.82) is 0 Å². The quantitative estimate of drug-likeness (QED) is 0.405. The van der Waals surface area contributed by atoms with Crippen molar-refractivity contribution >= 4 is 58.7 Å². The van der Waals surface area contributed by atoms with Crippen molar-refractivity contribution < 1.29 is 33.3 Å². The Labute approximate surface area is 237 Å². The van der Waals surface area contributed by atoms with E-state index < -0.39 is 29.4 Å². The van der Waals surface area contributed by atoms with Gasteiger partial charge in [0.15, 0.2) is 0 Å². The van der Waals surface area contributed by atoms with Crippen LogP contribution in [0.25, 0.3) is 0 Å². The van der Waals surface area contributed by atoms with Crippen molar-refractivity contribution in [3.8, 4) is 11.5 Å². The van der Waals surface area contributed by atoms with E-state index in [-0.39, 0.29) is 38.9 Å². The number of amides is 4. The molecule has 0 saturated heterocycles. The second-order valence-electron chi connectivity index (χ2n) is 10.2. The van der Waals surface area contributed by atoms with E-state index >= 15 is 0 Å². The third kappa shape index (κ3) is 7.76. The van der Waals surface area contributed by atoms with Gasteiger partial charge < -0.3 is 18.9 Å². The van der Waals surface area contributed by atoms with Crippen LogP contribution in [0.15, 0.2) is 18.5 Å². The molecule has 1 aromatic carbocycles. The molecule has 0 saturated carbocycles. The summed E-state index contributed by atoms with van der Waals surface area (Å²) >= 11 is 13.1. The third-order valence-electron chi connectivity index (χ3n) is 4.82. The summed E-state index contributed by atoms with van der Waals surface area (Å²) in [4.78, 5) is 50.8. The zero-order valence-electron chi connectivity index (χ0n) is 23.6. The van der Waals surface area contributed by atoms with Crippen LogP contribution in [0, 0.1) is 0 Å². The van der Waals surface area contributed by atoms with Gasteiger partial charge in [-0.1, -0.05) is 23.2 Å². The second-order valence-corrected chi connectivity index (χ2v) is 10.9. The van der Waals surface area contributed by atoms with Crippen LogP contribution in [0.5, 0.6) is 11.5 Å². The lowest BCUT2D eigenvalue weighted by molar-refractivity contribution is 0.0579. The molecule has 39 heavy (non-hydrogen) atoms. The molecular weight excluding hydrogens is 553 g/mol. The molecule has 0 aliphatic rings. The summed E-state index contributed by atoms with van der Waals surface area (Å²) < 4.78 is 21.5. The molecular formula is C25H33Cl2N5O7. The Hall–Kier alpha value is -3.51. The molecule has 1 heterocycles. The van der Waals surface area contributed by atoms with Crippen LogP contribution in [-0.2, 0) is 9.47 Å². The molecule has 4 amide bonds. The SMILES string of the molecule is COc1cc(OC)c(Cl)c(N(C(=O)OC(C)(C)C)C(=O)N(C)c2cc(N(C)C(=O)OC(C)(C)C)ncn2)c1Cl. The maximum atomic E-state index is 13.9. The first-order chi connectivity index (χ1) is 17.9. The zero-order chi connectivity index (χ0) is 29.9. The minimum absolute atomic E-state index is 0.0380. The minimum atomic E-state index is -1.07. The third-order valence-corrected chi connectivity index (χ3v) is 5.55. The molecule has 0 spiro atoms. The summed E-state index contributed by atoms with van der Waals surface area (Å²) in [5, 5.41) is -0.270. The number of carbonyl (C=O) groups excluding carboxylic acids is 3. The number of urea groups is 1. The van der Waals surface area contributed by atoms with Crippen LogP contribution >= 0.6 is 23.2 Å². The highest BCUT2D eigenvalue weighted by Gasteiger charge is 2.37. The molecule has 2 rings (SSSR count). The maximum absolute atomic E-state index is 13.9. The summed E-state index contributed by atoms with van der Waals surface area (Å²) in [5.74, 6) is 0.369. The normalized spacial score (nSPS) is 11.4. The number of aromatic nitrogens is 2. The zero-order valence-corrected chi connectivity index (χ0v) is 25.1. The number of benzene rings is 1. The Bertz CT molecular complexity index is 1220. The van der Waals surface area contributed by atoms with Gasteiger partial charge in [0.2, 0.25) is 0 Å². The Morgan fingerprint density at radius 1 is 0.744 bits per heavy atom. The van der Waals surface area contributed by atoms with Crippen LogP contribution in [-0.4, -0.2) is 67.7 Å². The average molecular weight is 586 g/mol. The Balaban J connectivity index is 2.61. The molecule has 0 radical (unpaired) electrons. The van der Waals surface area contributed by atoms with Gasteiger partial charge in [0.1, 0.15) is 56.4 Å². The number of halogens is 2. The number of anilines is 3. The van der Waals surface area contributed by atoms with Gasteiger partial charge in [0.25, 0.3) is 0 Å². The largest absolute Gasteiger partial charge is 0.495 e. The van der Waals surface area contributed by atoms with Crippen LogP contribution < -0.4 is 24.2 Å². The number of methoxy groups -OCH3 is 2. The molecule has 214 valence electrons. The van der Waals surface area contributed by atoms with E-state index in [2.05, 4.69) is 9.97 Å². The molecule has 0 fully saturated rings.